The van der Waals surface area contributed by atoms with Crippen LogP contribution in [0.2, 0.25) is 0 Å². The van der Waals surface area contributed by atoms with Crippen molar-refractivity contribution in [3.05, 3.63) is 42.2 Å². The molecule has 0 amide bonds. The third kappa shape index (κ3) is 3.01. The average Bonchev–Trinajstić information content (AvgIpc) is 2.44. The van der Waals surface area contributed by atoms with E-state index in [2.05, 4.69) is 48.4 Å². The molecule has 0 saturated heterocycles. The Balaban J connectivity index is 1.71. The van der Waals surface area contributed by atoms with E-state index in [1.807, 2.05) is 12.4 Å². The predicted molar refractivity (Wildman–Crippen MR) is 84.5 cm³/mol. The monoisotopic (exact) mass is 268 g/mol. The molecular weight excluding hydrogens is 244 g/mol. The Morgan fingerprint density at radius 3 is 2.70 bits per heavy atom. The molecule has 106 valence electrons. The number of fused-ring (bicyclic) bond motifs is 1. The second-order valence-corrected chi connectivity index (χ2v) is 6.51. The summed E-state index contributed by atoms with van der Waals surface area (Å²) in [7, 11) is 0. The third-order valence-electron chi connectivity index (χ3n) is 4.53. The summed E-state index contributed by atoms with van der Waals surface area (Å²) in [6.07, 6.45) is 7.85. The molecule has 20 heavy (non-hydrogen) atoms. The van der Waals surface area contributed by atoms with E-state index in [-0.39, 0.29) is 0 Å². The van der Waals surface area contributed by atoms with Gasteiger partial charge in [0.1, 0.15) is 0 Å². The molecule has 1 aromatic heterocycles. The normalized spacial score (nSPS) is 26.8. The van der Waals surface area contributed by atoms with Gasteiger partial charge in [-0.3, -0.25) is 4.98 Å². The van der Waals surface area contributed by atoms with E-state index in [4.69, 9.17) is 0 Å². The molecule has 1 aliphatic carbocycles. The minimum absolute atomic E-state index is 0.672. The number of hydrogen-bond donors (Lipinski definition) is 1. The number of rotatable bonds is 3. The van der Waals surface area contributed by atoms with Crippen molar-refractivity contribution in [3.8, 4) is 0 Å². The Kier molecular flexibility index (Phi) is 4.02. The van der Waals surface area contributed by atoms with Crippen molar-refractivity contribution in [1.82, 2.24) is 10.3 Å². The van der Waals surface area contributed by atoms with Crippen molar-refractivity contribution in [1.29, 1.82) is 0 Å². The van der Waals surface area contributed by atoms with Crippen molar-refractivity contribution in [3.63, 3.8) is 0 Å². The van der Waals surface area contributed by atoms with Gasteiger partial charge in [-0.15, -0.1) is 0 Å². The zero-order valence-electron chi connectivity index (χ0n) is 12.5. The van der Waals surface area contributed by atoms with Crippen molar-refractivity contribution >= 4 is 10.8 Å². The summed E-state index contributed by atoms with van der Waals surface area (Å²) in [6, 6.07) is 9.29. The lowest BCUT2D eigenvalue weighted by molar-refractivity contribution is 0.238. The van der Waals surface area contributed by atoms with Gasteiger partial charge < -0.3 is 5.32 Å². The Morgan fingerprint density at radius 2 is 1.90 bits per heavy atom. The highest BCUT2D eigenvalue weighted by molar-refractivity contribution is 5.84. The number of nitrogens with one attached hydrogen (secondary N) is 1. The fraction of sp³-hybridized carbons (Fsp3) is 0.500. The molecule has 1 aromatic carbocycles. The highest BCUT2D eigenvalue weighted by Gasteiger charge is 2.23. The van der Waals surface area contributed by atoms with E-state index >= 15 is 0 Å². The quantitative estimate of drug-likeness (QED) is 0.904. The van der Waals surface area contributed by atoms with E-state index in [1.165, 1.54) is 35.6 Å². The molecule has 0 bridgehead atoms. The largest absolute Gasteiger partial charge is 0.310 e. The van der Waals surface area contributed by atoms with Crippen LogP contribution in [-0.2, 0) is 6.54 Å². The fourth-order valence-corrected chi connectivity index (χ4v) is 3.71. The summed E-state index contributed by atoms with van der Waals surface area (Å²) in [5.41, 5.74) is 1.38. The highest BCUT2D eigenvalue weighted by atomic mass is 14.9. The predicted octanol–water partition coefficient (Wildman–Crippen LogP) is 4.15. The molecular formula is C18H24N2. The zero-order chi connectivity index (χ0) is 13.9. The number of hydrogen-bond acceptors (Lipinski definition) is 2. The Hall–Kier alpha value is -1.41. The van der Waals surface area contributed by atoms with Gasteiger partial charge in [0.15, 0.2) is 0 Å². The SMILES string of the molecule is CC1CC(C)CC(NCc2cccc3cnccc23)C1. The maximum Gasteiger partial charge on any atom is 0.0346 e. The maximum atomic E-state index is 4.20. The second-order valence-electron chi connectivity index (χ2n) is 6.51. The molecule has 3 rings (SSSR count). The molecule has 2 unspecified atom stereocenters. The summed E-state index contributed by atoms with van der Waals surface area (Å²) in [4.78, 5) is 4.20. The van der Waals surface area contributed by atoms with Crippen molar-refractivity contribution in [2.75, 3.05) is 0 Å². The van der Waals surface area contributed by atoms with Gasteiger partial charge in [-0.2, -0.15) is 0 Å². The summed E-state index contributed by atoms with van der Waals surface area (Å²) < 4.78 is 0. The summed E-state index contributed by atoms with van der Waals surface area (Å²) >= 11 is 0. The first-order chi connectivity index (χ1) is 9.72. The molecule has 2 atom stereocenters. The summed E-state index contributed by atoms with van der Waals surface area (Å²) in [5, 5.41) is 6.33. The van der Waals surface area contributed by atoms with Gasteiger partial charge in [-0.05, 0) is 48.1 Å². The molecule has 1 saturated carbocycles. The van der Waals surface area contributed by atoms with E-state index < -0.39 is 0 Å². The van der Waals surface area contributed by atoms with Crippen LogP contribution in [-0.4, -0.2) is 11.0 Å². The van der Waals surface area contributed by atoms with Crippen molar-refractivity contribution in [2.24, 2.45) is 11.8 Å². The smallest absolute Gasteiger partial charge is 0.0346 e. The maximum absolute atomic E-state index is 4.20. The van der Waals surface area contributed by atoms with E-state index in [9.17, 15) is 0 Å². The summed E-state index contributed by atoms with van der Waals surface area (Å²) in [6.45, 7) is 5.73. The molecule has 1 heterocycles. The molecule has 2 heteroatoms. The van der Waals surface area contributed by atoms with Crippen molar-refractivity contribution in [2.45, 2.75) is 45.7 Å². The van der Waals surface area contributed by atoms with E-state index in [0.717, 1.165) is 18.4 Å². The topological polar surface area (TPSA) is 24.9 Å². The van der Waals surface area contributed by atoms with Crippen LogP contribution in [0.4, 0.5) is 0 Å². The summed E-state index contributed by atoms with van der Waals surface area (Å²) in [5.74, 6) is 1.71. The molecule has 2 aromatic rings. The molecule has 0 spiro atoms. The van der Waals surface area contributed by atoms with Gasteiger partial charge in [0.2, 0.25) is 0 Å². The van der Waals surface area contributed by atoms with Gasteiger partial charge in [0.25, 0.3) is 0 Å². The van der Waals surface area contributed by atoms with Gasteiger partial charge in [0, 0.05) is 30.4 Å². The van der Waals surface area contributed by atoms with Crippen molar-refractivity contribution < 1.29 is 0 Å². The first kappa shape index (κ1) is 13.6. The highest BCUT2D eigenvalue weighted by Crippen LogP contribution is 2.29. The lowest BCUT2D eigenvalue weighted by atomic mass is 9.80. The molecule has 0 radical (unpaired) electrons. The molecule has 1 N–H and O–H groups in total. The van der Waals surface area contributed by atoms with Gasteiger partial charge in [0.05, 0.1) is 0 Å². The van der Waals surface area contributed by atoms with Gasteiger partial charge in [-0.25, -0.2) is 0 Å². The standard InChI is InChI=1S/C18H24N2/c1-13-8-14(2)10-17(9-13)20-12-16-5-3-4-15-11-19-7-6-18(15)16/h3-7,11,13-14,17,20H,8-10,12H2,1-2H3. The first-order valence-corrected chi connectivity index (χ1v) is 7.77. The fourth-order valence-electron chi connectivity index (χ4n) is 3.71. The number of pyridine rings is 1. The zero-order valence-corrected chi connectivity index (χ0v) is 12.5. The minimum atomic E-state index is 0.672. The van der Waals surface area contributed by atoms with Crippen LogP contribution < -0.4 is 5.32 Å². The number of aromatic nitrogens is 1. The molecule has 1 fully saturated rings. The van der Waals surface area contributed by atoms with Crippen LogP contribution in [0.1, 0.15) is 38.7 Å². The number of nitrogens with zero attached hydrogens (tertiary/aromatic N) is 1. The lowest BCUT2D eigenvalue weighted by Crippen LogP contribution is -2.35. The Morgan fingerprint density at radius 1 is 1.10 bits per heavy atom. The molecule has 2 nitrogen and oxygen atoms in total. The minimum Gasteiger partial charge on any atom is -0.310 e. The average molecular weight is 268 g/mol. The molecule has 0 aliphatic heterocycles. The van der Waals surface area contributed by atoms with Crippen LogP contribution in [0.3, 0.4) is 0 Å². The third-order valence-corrected chi connectivity index (χ3v) is 4.53. The second kappa shape index (κ2) is 5.92. The Bertz CT molecular complexity index is 563. The van der Waals surface area contributed by atoms with E-state index in [1.54, 1.807) is 0 Å². The van der Waals surface area contributed by atoms with Gasteiger partial charge >= 0.3 is 0 Å². The van der Waals surface area contributed by atoms with Crippen LogP contribution in [0.15, 0.2) is 36.7 Å². The first-order valence-electron chi connectivity index (χ1n) is 7.77. The van der Waals surface area contributed by atoms with Crippen LogP contribution >= 0.6 is 0 Å². The van der Waals surface area contributed by atoms with Gasteiger partial charge in [-0.1, -0.05) is 32.0 Å². The Labute approximate surface area is 121 Å². The molecule has 1 aliphatic rings. The van der Waals surface area contributed by atoms with Crippen LogP contribution in [0.5, 0.6) is 0 Å². The van der Waals surface area contributed by atoms with Crippen LogP contribution in [0.25, 0.3) is 10.8 Å². The number of benzene rings is 1. The van der Waals surface area contributed by atoms with Crippen LogP contribution in [0, 0.1) is 11.8 Å². The van der Waals surface area contributed by atoms with E-state index in [0.29, 0.717) is 6.04 Å². The lowest BCUT2D eigenvalue weighted by Gasteiger charge is -2.32.